The first-order valence-corrected chi connectivity index (χ1v) is 9.89. The van der Waals surface area contributed by atoms with Gasteiger partial charge in [-0.25, -0.2) is 16.8 Å². The van der Waals surface area contributed by atoms with Gasteiger partial charge in [0.15, 0.2) is 9.84 Å². The molecule has 1 saturated heterocycles. The van der Waals surface area contributed by atoms with E-state index in [1.165, 1.54) is 30.3 Å². The van der Waals surface area contributed by atoms with E-state index in [1.807, 2.05) is 6.07 Å². The minimum Gasteiger partial charge on any atom is -0.229 e. The molecule has 0 aromatic heterocycles. The topological polar surface area (TPSA) is 95.3 Å². The first-order valence-electron chi connectivity index (χ1n) is 6.63. The van der Waals surface area contributed by atoms with E-state index < -0.39 is 25.9 Å². The quantitative estimate of drug-likeness (QED) is 0.743. The third kappa shape index (κ3) is 3.38. The highest BCUT2D eigenvalue weighted by Gasteiger charge is 2.38. The first-order chi connectivity index (χ1) is 10.3. The Hall–Kier alpha value is -1.69. The van der Waals surface area contributed by atoms with E-state index in [1.54, 1.807) is 0 Å². The van der Waals surface area contributed by atoms with E-state index >= 15 is 0 Å². The van der Waals surface area contributed by atoms with Crippen molar-refractivity contribution in [2.24, 2.45) is 0 Å². The molecule has 1 aliphatic rings. The molecule has 0 unspecified atom stereocenters. The van der Waals surface area contributed by atoms with Crippen LogP contribution in [0, 0.1) is 11.3 Å². The molecule has 6 nitrogen and oxygen atoms in total. The molecule has 0 saturated carbocycles. The van der Waals surface area contributed by atoms with Crippen LogP contribution in [0.2, 0.25) is 0 Å². The fourth-order valence-electron chi connectivity index (χ4n) is 2.43. The second kappa shape index (κ2) is 6.20. The van der Waals surface area contributed by atoms with Gasteiger partial charge in [-0.2, -0.15) is 9.57 Å². The van der Waals surface area contributed by atoms with Crippen LogP contribution in [-0.2, 0) is 19.9 Å². The Morgan fingerprint density at radius 2 is 2.18 bits per heavy atom. The van der Waals surface area contributed by atoms with E-state index in [2.05, 4.69) is 6.58 Å². The third-order valence-electron chi connectivity index (χ3n) is 3.49. The zero-order valence-electron chi connectivity index (χ0n) is 11.8. The summed E-state index contributed by atoms with van der Waals surface area (Å²) in [7, 11) is -7.09. The van der Waals surface area contributed by atoms with E-state index in [-0.39, 0.29) is 34.9 Å². The van der Waals surface area contributed by atoms with E-state index in [0.717, 1.165) is 4.31 Å². The van der Waals surface area contributed by atoms with Crippen molar-refractivity contribution in [3.8, 4) is 6.07 Å². The zero-order chi connectivity index (χ0) is 16.4. The number of hydrogen-bond acceptors (Lipinski definition) is 5. The molecule has 0 amide bonds. The fourth-order valence-corrected chi connectivity index (χ4v) is 5.93. The summed E-state index contributed by atoms with van der Waals surface area (Å²) in [6.45, 7) is 3.57. The number of sulfone groups is 1. The van der Waals surface area contributed by atoms with Crippen molar-refractivity contribution in [2.45, 2.75) is 17.4 Å². The maximum absolute atomic E-state index is 12.8. The van der Waals surface area contributed by atoms with Gasteiger partial charge < -0.3 is 0 Å². The van der Waals surface area contributed by atoms with Crippen LogP contribution < -0.4 is 0 Å². The van der Waals surface area contributed by atoms with Gasteiger partial charge >= 0.3 is 0 Å². The zero-order valence-corrected chi connectivity index (χ0v) is 13.5. The summed E-state index contributed by atoms with van der Waals surface area (Å²) < 4.78 is 49.9. The number of nitrogens with zero attached hydrogens (tertiary/aromatic N) is 2. The maximum Gasteiger partial charge on any atom is 0.243 e. The molecular formula is C14H16N2O4S2. The smallest absolute Gasteiger partial charge is 0.229 e. The Kier molecular flexibility index (Phi) is 4.70. The van der Waals surface area contributed by atoms with Gasteiger partial charge in [-0.1, -0.05) is 12.1 Å². The lowest BCUT2D eigenvalue weighted by Gasteiger charge is -2.26. The van der Waals surface area contributed by atoms with Gasteiger partial charge in [-0.05, 0) is 24.6 Å². The van der Waals surface area contributed by atoms with Crippen molar-refractivity contribution in [3.05, 3.63) is 42.5 Å². The lowest BCUT2D eigenvalue weighted by atomic mass is 10.2. The minimum absolute atomic E-state index is 0.0148. The summed E-state index contributed by atoms with van der Waals surface area (Å²) >= 11 is 0. The Morgan fingerprint density at radius 1 is 1.45 bits per heavy atom. The van der Waals surface area contributed by atoms with Crippen molar-refractivity contribution in [3.63, 3.8) is 0 Å². The van der Waals surface area contributed by atoms with Crippen LogP contribution in [0.15, 0.2) is 41.8 Å². The van der Waals surface area contributed by atoms with Crippen LogP contribution in [0.3, 0.4) is 0 Å². The molecule has 0 spiro atoms. The summed E-state index contributed by atoms with van der Waals surface area (Å²) in [5.41, 5.74) is 0.235. The third-order valence-corrected chi connectivity index (χ3v) is 7.16. The van der Waals surface area contributed by atoms with Crippen molar-refractivity contribution < 1.29 is 16.8 Å². The van der Waals surface area contributed by atoms with Crippen molar-refractivity contribution in [2.75, 3.05) is 18.1 Å². The van der Waals surface area contributed by atoms with Gasteiger partial charge in [0.25, 0.3) is 0 Å². The summed E-state index contributed by atoms with van der Waals surface area (Å²) in [4.78, 5) is -0.0160. The van der Waals surface area contributed by atoms with Crippen molar-refractivity contribution in [1.29, 1.82) is 5.26 Å². The number of nitriles is 1. The first kappa shape index (κ1) is 16.7. The molecule has 2 rings (SSSR count). The van der Waals surface area contributed by atoms with E-state index in [9.17, 15) is 16.8 Å². The van der Waals surface area contributed by atoms with Gasteiger partial charge in [0.2, 0.25) is 10.0 Å². The molecule has 118 valence electrons. The molecule has 1 aliphatic heterocycles. The monoisotopic (exact) mass is 340 g/mol. The summed E-state index contributed by atoms with van der Waals surface area (Å²) in [6, 6.07) is 6.98. The summed E-state index contributed by atoms with van der Waals surface area (Å²) in [6.07, 6.45) is 1.70. The van der Waals surface area contributed by atoms with Crippen molar-refractivity contribution >= 4 is 19.9 Å². The van der Waals surface area contributed by atoms with Gasteiger partial charge in [0.05, 0.1) is 28.0 Å². The number of sulfonamides is 1. The molecule has 1 fully saturated rings. The summed E-state index contributed by atoms with van der Waals surface area (Å²) in [5, 5.41) is 8.90. The van der Waals surface area contributed by atoms with Gasteiger partial charge in [-0.3, -0.25) is 0 Å². The highest BCUT2D eigenvalue weighted by atomic mass is 32.2. The molecule has 0 bridgehead atoms. The largest absolute Gasteiger partial charge is 0.243 e. The standard InChI is InChI=1S/C14H16N2O4S2/c1-2-7-16(13-6-8-21(17,18)11-13)22(19,20)14-5-3-4-12(9-14)10-15/h2-5,9,13H,1,6-8,11H2/t13-/m1/s1. The average molecular weight is 340 g/mol. The second-order valence-corrected chi connectivity index (χ2v) is 9.18. The molecule has 1 aromatic carbocycles. The van der Waals surface area contributed by atoms with Crippen LogP contribution >= 0.6 is 0 Å². The van der Waals surface area contributed by atoms with Crippen LogP contribution in [0.4, 0.5) is 0 Å². The normalized spacial score (nSPS) is 20.6. The van der Waals surface area contributed by atoms with Crippen LogP contribution in [0.25, 0.3) is 0 Å². The molecular weight excluding hydrogens is 324 g/mol. The maximum atomic E-state index is 12.8. The Morgan fingerprint density at radius 3 is 2.73 bits per heavy atom. The number of hydrogen-bond donors (Lipinski definition) is 0. The highest BCUT2D eigenvalue weighted by molar-refractivity contribution is 7.92. The average Bonchev–Trinajstić information content (AvgIpc) is 2.84. The molecule has 1 heterocycles. The van der Waals surface area contributed by atoms with E-state index in [4.69, 9.17) is 5.26 Å². The number of benzene rings is 1. The van der Waals surface area contributed by atoms with Gasteiger partial charge in [0, 0.05) is 12.6 Å². The van der Waals surface area contributed by atoms with Crippen LogP contribution in [0.5, 0.6) is 0 Å². The molecule has 0 N–H and O–H groups in total. The summed E-state index contributed by atoms with van der Waals surface area (Å²) in [5.74, 6) is -0.197. The molecule has 1 atom stereocenters. The van der Waals surface area contributed by atoms with E-state index in [0.29, 0.717) is 0 Å². The lowest BCUT2D eigenvalue weighted by molar-refractivity contribution is 0.367. The Bertz CT molecular complexity index is 823. The predicted octanol–water partition coefficient (Wildman–Crippen LogP) is 0.922. The highest BCUT2D eigenvalue weighted by Crippen LogP contribution is 2.25. The van der Waals surface area contributed by atoms with Crippen LogP contribution in [-0.4, -0.2) is 45.2 Å². The molecule has 1 aromatic rings. The van der Waals surface area contributed by atoms with Crippen LogP contribution in [0.1, 0.15) is 12.0 Å². The fraction of sp³-hybridized carbons (Fsp3) is 0.357. The van der Waals surface area contributed by atoms with Gasteiger partial charge in [0.1, 0.15) is 0 Å². The SMILES string of the molecule is C=CCN([C@@H]1CCS(=O)(=O)C1)S(=O)(=O)c1cccc(C#N)c1. The van der Waals surface area contributed by atoms with Crippen molar-refractivity contribution in [1.82, 2.24) is 4.31 Å². The molecule has 8 heteroatoms. The predicted molar refractivity (Wildman–Crippen MR) is 82.3 cm³/mol. The Labute approximate surface area is 130 Å². The molecule has 22 heavy (non-hydrogen) atoms. The second-order valence-electron chi connectivity index (χ2n) is 5.06. The number of rotatable bonds is 5. The minimum atomic E-state index is -3.88. The molecule has 0 radical (unpaired) electrons. The van der Waals surface area contributed by atoms with Gasteiger partial charge in [-0.15, -0.1) is 6.58 Å². The molecule has 0 aliphatic carbocycles. The lowest BCUT2D eigenvalue weighted by Crippen LogP contribution is -2.41. The Balaban J connectivity index is 2.42.